The average molecular weight is 508 g/mol. The first-order chi connectivity index (χ1) is 17.5. The fourth-order valence-corrected chi connectivity index (χ4v) is 4.54. The van der Waals surface area contributed by atoms with E-state index in [1.807, 2.05) is 30.3 Å². The molecule has 1 saturated carbocycles. The van der Waals surface area contributed by atoms with Crippen LogP contribution >= 0.6 is 11.6 Å². The van der Waals surface area contributed by atoms with Gasteiger partial charge in [0.1, 0.15) is 11.5 Å². The van der Waals surface area contributed by atoms with Crippen molar-refractivity contribution in [3.63, 3.8) is 0 Å². The summed E-state index contributed by atoms with van der Waals surface area (Å²) in [6.07, 6.45) is 7.58. The number of hydrogen-bond donors (Lipinski definition) is 2. The topological polar surface area (TPSA) is 84.9 Å². The minimum absolute atomic E-state index is 0.0987. The highest BCUT2D eigenvalue weighted by Gasteiger charge is 2.25. The van der Waals surface area contributed by atoms with Crippen LogP contribution in [0.3, 0.4) is 0 Å². The van der Waals surface area contributed by atoms with Crippen LogP contribution < -0.4 is 14.8 Å². The maximum absolute atomic E-state index is 13.3. The van der Waals surface area contributed by atoms with Crippen LogP contribution in [0.1, 0.15) is 67.0 Å². The molecule has 2 N–H and O–H groups in total. The van der Waals surface area contributed by atoms with E-state index in [2.05, 4.69) is 5.32 Å². The highest BCUT2D eigenvalue weighted by atomic mass is 35.5. The van der Waals surface area contributed by atoms with Crippen molar-refractivity contribution in [2.45, 2.75) is 57.2 Å². The third-order valence-corrected chi connectivity index (χ3v) is 6.48. The summed E-state index contributed by atoms with van der Waals surface area (Å²) in [5.74, 6) is -0.412. The van der Waals surface area contributed by atoms with Crippen molar-refractivity contribution in [3.05, 3.63) is 88.9 Å². The van der Waals surface area contributed by atoms with Gasteiger partial charge in [0.05, 0.1) is 17.4 Å². The van der Waals surface area contributed by atoms with Crippen LogP contribution in [0.25, 0.3) is 0 Å². The molecule has 3 aromatic rings. The second-order valence-electron chi connectivity index (χ2n) is 8.95. The number of aromatic carboxylic acids is 1. The highest BCUT2D eigenvalue weighted by molar-refractivity contribution is 6.31. The summed E-state index contributed by atoms with van der Waals surface area (Å²) in [5.41, 5.74) is 0.679. The molecule has 0 aromatic heterocycles. The Kier molecular flexibility index (Phi) is 8.85. The van der Waals surface area contributed by atoms with Gasteiger partial charge in [-0.3, -0.25) is 4.79 Å². The van der Waals surface area contributed by atoms with Crippen LogP contribution in [0.5, 0.6) is 11.5 Å². The fourth-order valence-electron chi connectivity index (χ4n) is 4.36. The van der Waals surface area contributed by atoms with Gasteiger partial charge < -0.3 is 19.9 Å². The molecule has 0 saturated heterocycles. The summed E-state index contributed by atoms with van der Waals surface area (Å²) in [5, 5.41) is 12.5. The van der Waals surface area contributed by atoms with Crippen LogP contribution in [0.15, 0.2) is 72.8 Å². The normalized spacial score (nSPS) is 15.2. The number of benzene rings is 3. The monoisotopic (exact) mass is 507 g/mol. The number of hydrogen-bond acceptors (Lipinski definition) is 4. The Morgan fingerprint density at radius 3 is 2.17 bits per heavy atom. The lowest BCUT2D eigenvalue weighted by atomic mass is 9.98. The first-order valence-corrected chi connectivity index (χ1v) is 12.7. The van der Waals surface area contributed by atoms with Crippen LogP contribution in [0.4, 0.5) is 5.69 Å². The van der Waals surface area contributed by atoms with Gasteiger partial charge in [0.2, 0.25) is 6.10 Å². The van der Waals surface area contributed by atoms with E-state index in [0.29, 0.717) is 11.3 Å². The number of ether oxygens (including phenoxy) is 2. The lowest BCUT2D eigenvalue weighted by molar-refractivity contribution is -0.123. The van der Waals surface area contributed by atoms with E-state index < -0.39 is 18.0 Å². The minimum Gasteiger partial charge on any atom is -0.490 e. The van der Waals surface area contributed by atoms with E-state index in [4.69, 9.17) is 21.1 Å². The molecule has 4 rings (SSSR count). The maximum Gasteiger partial charge on any atom is 0.337 e. The molecule has 188 valence electrons. The Morgan fingerprint density at radius 2 is 1.50 bits per heavy atom. The Hall–Kier alpha value is -3.51. The summed E-state index contributed by atoms with van der Waals surface area (Å²) in [7, 11) is 0. The molecule has 1 atom stereocenters. The quantitative estimate of drug-likeness (QED) is 0.334. The fraction of sp³-hybridized carbons (Fsp3) is 0.310. The van der Waals surface area contributed by atoms with E-state index in [1.165, 1.54) is 50.3 Å². The first kappa shape index (κ1) is 25.6. The largest absolute Gasteiger partial charge is 0.490 e. The van der Waals surface area contributed by atoms with Crippen LogP contribution in [0, 0.1) is 0 Å². The number of nitrogens with one attached hydrogen (secondary N) is 1. The molecule has 1 unspecified atom stereocenters. The van der Waals surface area contributed by atoms with Crippen molar-refractivity contribution in [3.8, 4) is 11.5 Å². The molecule has 0 aliphatic heterocycles. The van der Waals surface area contributed by atoms with Gasteiger partial charge in [0.25, 0.3) is 5.91 Å². The number of amides is 1. The zero-order chi connectivity index (χ0) is 25.3. The number of carbonyl (C=O) groups excluding carboxylic acids is 1. The minimum atomic E-state index is -1.19. The number of carbonyl (C=O) groups is 2. The molecule has 1 aliphatic rings. The lowest BCUT2D eigenvalue weighted by Gasteiger charge is -2.22. The summed E-state index contributed by atoms with van der Waals surface area (Å²) in [6, 6.07) is 20.6. The lowest BCUT2D eigenvalue weighted by Crippen LogP contribution is -2.26. The average Bonchev–Trinajstić information content (AvgIpc) is 2.86. The molecular weight excluding hydrogens is 478 g/mol. The number of rotatable bonds is 8. The predicted molar refractivity (Wildman–Crippen MR) is 140 cm³/mol. The Labute approximate surface area is 216 Å². The smallest absolute Gasteiger partial charge is 0.337 e. The first-order valence-electron chi connectivity index (χ1n) is 12.3. The van der Waals surface area contributed by atoms with Crippen LogP contribution in [0.2, 0.25) is 5.02 Å². The van der Waals surface area contributed by atoms with Crippen molar-refractivity contribution in [2.75, 3.05) is 5.32 Å². The second-order valence-corrected chi connectivity index (χ2v) is 9.39. The molecule has 36 heavy (non-hydrogen) atoms. The second kappa shape index (κ2) is 12.5. The van der Waals surface area contributed by atoms with E-state index in [1.54, 1.807) is 24.3 Å². The van der Waals surface area contributed by atoms with Gasteiger partial charge in [0.15, 0.2) is 0 Å². The highest BCUT2D eigenvalue weighted by Crippen LogP contribution is 2.29. The molecule has 3 aromatic carbocycles. The van der Waals surface area contributed by atoms with Crippen LogP contribution in [-0.2, 0) is 4.79 Å². The van der Waals surface area contributed by atoms with Crippen molar-refractivity contribution >= 4 is 29.2 Å². The molecule has 0 heterocycles. The maximum atomic E-state index is 13.3. The van der Waals surface area contributed by atoms with E-state index >= 15 is 0 Å². The van der Waals surface area contributed by atoms with Crippen molar-refractivity contribution in [1.82, 2.24) is 0 Å². The van der Waals surface area contributed by atoms with Gasteiger partial charge in [-0.1, -0.05) is 61.2 Å². The van der Waals surface area contributed by atoms with Crippen molar-refractivity contribution in [2.24, 2.45) is 0 Å². The Balaban J connectivity index is 1.49. The van der Waals surface area contributed by atoms with E-state index in [0.717, 1.165) is 18.6 Å². The van der Waals surface area contributed by atoms with Gasteiger partial charge >= 0.3 is 5.97 Å². The van der Waals surface area contributed by atoms with Crippen molar-refractivity contribution < 1.29 is 24.2 Å². The standard InChI is InChI=1S/C29H30ClNO5/c30-21-13-18-26(25(19-21)29(33)34)31-28(32)27(20-9-5-4-6-10-20)36-24-16-14-23(15-17-24)35-22-11-7-2-1-3-8-12-22/h4-6,9-10,13-19,22,27H,1-3,7-8,11-12H2,(H,31,32)(H,33,34). The summed E-state index contributed by atoms with van der Waals surface area (Å²) in [4.78, 5) is 24.9. The third kappa shape index (κ3) is 7.01. The summed E-state index contributed by atoms with van der Waals surface area (Å²) in [6.45, 7) is 0. The van der Waals surface area contributed by atoms with E-state index in [9.17, 15) is 14.7 Å². The van der Waals surface area contributed by atoms with E-state index in [-0.39, 0.29) is 22.4 Å². The van der Waals surface area contributed by atoms with Gasteiger partial charge in [-0.15, -0.1) is 0 Å². The number of carboxylic acid groups (broad SMARTS) is 1. The molecule has 7 heteroatoms. The molecule has 1 fully saturated rings. The summed E-state index contributed by atoms with van der Waals surface area (Å²) < 4.78 is 12.3. The molecule has 0 bridgehead atoms. The molecular formula is C29H30ClNO5. The zero-order valence-corrected chi connectivity index (χ0v) is 20.7. The molecule has 1 amide bonds. The van der Waals surface area contributed by atoms with Gasteiger partial charge in [0, 0.05) is 10.6 Å². The number of anilines is 1. The Bertz CT molecular complexity index is 1160. The zero-order valence-electron chi connectivity index (χ0n) is 20.0. The number of carboxylic acids is 1. The third-order valence-electron chi connectivity index (χ3n) is 6.24. The predicted octanol–water partition coefficient (Wildman–Crippen LogP) is 7.29. The Morgan fingerprint density at radius 1 is 0.861 bits per heavy atom. The SMILES string of the molecule is O=C(O)c1cc(Cl)ccc1NC(=O)C(Oc1ccc(OC2CCCCCCC2)cc1)c1ccccc1. The molecule has 0 spiro atoms. The summed E-state index contributed by atoms with van der Waals surface area (Å²) >= 11 is 5.94. The van der Waals surface area contributed by atoms with Gasteiger partial charge in [-0.2, -0.15) is 0 Å². The number of halogens is 1. The molecule has 6 nitrogen and oxygen atoms in total. The van der Waals surface area contributed by atoms with Gasteiger partial charge in [-0.25, -0.2) is 4.79 Å². The molecule has 0 radical (unpaired) electrons. The molecule has 1 aliphatic carbocycles. The van der Waals surface area contributed by atoms with Crippen LogP contribution in [-0.4, -0.2) is 23.1 Å². The van der Waals surface area contributed by atoms with Crippen molar-refractivity contribution in [1.29, 1.82) is 0 Å². The van der Waals surface area contributed by atoms with Gasteiger partial charge in [-0.05, 0) is 68.1 Å².